The first-order valence-electron chi connectivity index (χ1n) is 10.6. The van der Waals surface area contributed by atoms with Gasteiger partial charge in [0, 0.05) is 10.8 Å². The van der Waals surface area contributed by atoms with E-state index < -0.39 is 5.91 Å². The Morgan fingerprint density at radius 2 is 1.90 bits per heavy atom. The smallest absolute Gasteiger partial charge is 0.251 e. The van der Waals surface area contributed by atoms with Gasteiger partial charge in [0.2, 0.25) is 5.91 Å². The monoisotopic (exact) mass is 426 g/mol. The standard InChI is InChI=1S/C24H30N2O3S/c1-24(2,3)14-7-10-16-19(11-14)30-23(20(16)21(25)27)26-22(28)18-12-17(18)13-5-8-15(29-4)9-6-13/h5-6,8-9,14,17-18H,7,10-12H2,1-4H3,(H2,25,27)(H,26,28). The molecule has 3 atom stereocenters. The normalized spacial score (nSPS) is 22.9. The Morgan fingerprint density at radius 1 is 1.20 bits per heavy atom. The molecule has 1 aromatic heterocycles. The predicted molar refractivity (Wildman–Crippen MR) is 120 cm³/mol. The zero-order chi connectivity index (χ0) is 21.6. The van der Waals surface area contributed by atoms with Gasteiger partial charge in [0.15, 0.2) is 0 Å². The van der Waals surface area contributed by atoms with Crippen molar-refractivity contribution in [3.8, 4) is 5.75 Å². The van der Waals surface area contributed by atoms with Crippen LogP contribution < -0.4 is 15.8 Å². The molecule has 0 spiro atoms. The molecule has 5 nitrogen and oxygen atoms in total. The second kappa shape index (κ2) is 7.73. The zero-order valence-corrected chi connectivity index (χ0v) is 18.9. The first-order valence-corrected chi connectivity index (χ1v) is 11.4. The summed E-state index contributed by atoms with van der Waals surface area (Å²) in [4.78, 5) is 26.3. The Bertz CT molecular complexity index is 972. The number of nitrogens with one attached hydrogen (secondary N) is 1. The molecule has 3 unspecified atom stereocenters. The van der Waals surface area contributed by atoms with Crippen molar-refractivity contribution >= 4 is 28.2 Å². The lowest BCUT2D eigenvalue weighted by molar-refractivity contribution is -0.117. The average Bonchev–Trinajstić information content (AvgIpc) is 3.41. The van der Waals surface area contributed by atoms with Crippen molar-refractivity contribution < 1.29 is 14.3 Å². The highest BCUT2D eigenvalue weighted by atomic mass is 32.1. The number of carbonyl (C=O) groups is 2. The van der Waals surface area contributed by atoms with Crippen molar-refractivity contribution in [2.45, 2.75) is 52.4 Å². The van der Waals surface area contributed by atoms with Crippen LogP contribution in [0.3, 0.4) is 0 Å². The van der Waals surface area contributed by atoms with Gasteiger partial charge in [-0.3, -0.25) is 9.59 Å². The molecule has 0 saturated heterocycles. The summed E-state index contributed by atoms with van der Waals surface area (Å²) in [6.07, 6.45) is 3.65. The van der Waals surface area contributed by atoms with Crippen LogP contribution in [0.25, 0.3) is 0 Å². The number of hydrogen-bond donors (Lipinski definition) is 2. The van der Waals surface area contributed by atoms with Gasteiger partial charge < -0.3 is 15.8 Å². The SMILES string of the molecule is COc1ccc(C2CC2C(=O)Nc2sc3c(c2C(N)=O)CCC(C(C)(C)C)C3)cc1. The molecule has 0 radical (unpaired) electrons. The van der Waals surface area contributed by atoms with Gasteiger partial charge in [-0.05, 0) is 66.2 Å². The van der Waals surface area contributed by atoms with E-state index in [1.165, 1.54) is 16.2 Å². The van der Waals surface area contributed by atoms with Gasteiger partial charge in [0.1, 0.15) is 10.8 Å². The Labute approximate surface area is 182 Å². The maximum absolute atomic E-state index is 12.9. The number of anilines is 1. The second-order valence-corrected chi connectivity index (χ2v) is 10.7. The maximum atomic E-state index is 12.9. The molecule has 2 aliphatic carbocycles. The fraction of sp³-hybridized carbons (Fsp3) is 0.500. The molecular weight excluding hydrogens is 396 g/mol. The van der Waals surface area contributed by atoms with Crippen molar-refractivity contribution in [2.24, 2.45) is 23.0 Å². The molecule has 1 fully saturated rings. The molecule has 0 bridgehead atoms. The van der Waals surface area contributed by atoms with Crippen LogP contribution in [-0.4, -0.2) is 18.9 Å². The highest BCUT2D eigenvalue weighted by molar-refractivity contribution is 7.17. The molecule has 1 saturated carbocycles. The fourth-order valence-corrected chi connectivity index (χ4v) is 5.92. The van der Waals surface area contributed by atoms with Crippen molar-refractivity contribution in [3.05, 3.63) is 45.8 Å². The van der Waals surface area contributed by atoms with Gasteiger partial charge in [-0.15, -0.1) is 11.3 Å². The number of rotatable bonds is 5. The molecule has 6 heteroatoms. The molecule has 2 aliphatic rings. The number of fused-ring (bicyclic) bond motifs is 1. The van der Waals surface area contributed by atoms with E-state index in [0.717, 1.165) is 42.6 Å². The summed E-state index contributed by atoms with van der Waals surface area (Å²) in [5.74, 6) is 1.05. The van der Waals surface area contributed by atoms with E-state index in [4.69, 9.17) is 10.5 Å². The molecule has 1 aromatic carbocycles. The summed E-state index contributed by atoms with van der Waals surface area (Å²) in [6, 6.07) is 7.88. The third-order valence-electron chi connectivity index (χ3n) is 6.64. The minimum absolute atomic E-state index is 0.0238. The largest absolute Gasteiger partial charge is 0.497 e. The number of hydrogen-bond acceptors (Lipinski definition) is 4. The van der Waals surface area contributed by atoms with Crippen LogP contribution in [0.15, 0.2) is 24.3 Å². The Hall–Kier alpha value is -2.34. The fourth-order valence-electron chi connectivity index (χ4n) is 4.58. The number of ether oxygens (including phenoxy) is 1. The van der Waals surface area contributed by atoms with Crippen LogP contribution in [-0.2, 0) is 17.6 Å². The lowest BCUT2D eigenvalue weighted by Crippen LogP contribution is -2.27. The van der Waals surface area contributed by atoms with E-state index in [-0.39, 0.29) is 23.2 Å². The number of benzene rings is 1. The highest BCUT2D eigenvalue weighted by Gasteiger charge is 2.44. The van der Waals surface area contributed by atoms with Crippen LogP contribution in [0.5, 0.6) is 5.75 Å². The summed E-state index contributed by atoms with van der Waals surface area (Å²) < 4.78 is 5.20. The molecule has 2 amide bonds. The van der Waals surface area contributed by atoms with Crippen molar-refractivity contribution in [1.29, 1.82) is 0 Å². The van der Waals surface area contributed by atoms with Gasteiger partial charge in [-0.25, -0.2) is 0 Å². The van der Waals surface area contributed by atoms with Gasteiger partial charge in [0.25, 0.3) is 5.91 Å². The lowest BCUT2D eigenvalue weighted by Gasteiger charge is -2.33. The molecule has 4 rings (SSSR count). The second-order valence-electron chi connectivity index (χ2n) is 9.59. The number of nitrogens with two attached hydrogens (primary N) is 1. The minimum atomic E-state index is -0.445. The van der Waals surface area contributed by atoms with E-state index in [2.05, 4.69) is 26.1 Å². The van der Waals surface area contributed by atoms with Crippen LogP contribution >= 0.6 is 11.3 Å². The summed E-state index contributed by atoms with van der Waals surface area (Å²) in [7, 11) is 1.64. The van der Waals surface area contributed by atoms with Gasteiger partial charge >= 0.3 is 0 Å². The van der Waals surface area contributed by atoms with Crippen LogP contribution in [0.1, 0.15) is 65.9 Å². The first-order chi connectivity index (χ1) is 14.2. The minimum Gasteiger partial charge on any atom is -0.497 e. The molecule has 30 heavy (non-hydrogen) atoms. The summed E-state index contributed by atoms with van der Waals surface area (Å²) >= 11 is 1.54. The van der Waals surface area contributed by atoms with E-state index >= 15 is 0 Å². The molecule has 2 aromatic rings. The molecular formula is C24H30N2O3S. The average molecular weight is 427 g/mol. The molecule has 0 aliphatic heterocycles. The summed E-state index contributed by atoms with van der Waals surface area (Å²) in [6.45, 7) is 6.79. The Morgan fingerprint density at radius 3 is 2.50 bits per heavy atom. The summed E-state index contributed by atoms with van der Waals surface area (Å²) in [5.41, 5.74) is 8.66. The van der Waals surface area contributed by atoms with Gasteiger partial charge in [0.05, 0.1) is 12.7 Å². The lowest BCUT2D eigenvalue weighted by atomic mass is 9.72. The topological polar surface area (TPSA) is 81.4 Å². The van der Waals surface area contributed by atoms with E-state index in [0.29, 0.717) is 16.5 Å². The first kappa shape index (κ1) is 20.9. The van der Waals surface area contributed by atoms with Crippen molar-refractivity contribution in [2.75, 3.05) is 12.4 Å². The van der Waals surface area contributed by atoms with E-state index in [1.54, 1.807) is 7.11 Å². The quantitative estimate of drug-likeness (QED) is 0.724. The summed E-state index contributed by atoms with van der Waals surface area (Å²) in [5, 5.41) is 3.67. The number of amides is 2. The predicted octanol–water partition coefficient (Wildman–Crippen LogP) is 4.75. The molecule has 3 N–H and O–H groups in total. The zero-order valence-electron chi connectivity index (χ0n) is 18.1. The third-order valence-corrected chi connectivity index (χ3v) is 7.81. The van der Waals surface area contributed by atoms with Crippen LogP contribution in [0, 0.1) is 17.3 Å². The number of carbonyl (C=O) groups excluding carboxylic acids is 2. The van der Waals surface area contributed by atoms with Gasteiger partial charge in [-0.2, -0.15) is 0 Å². The number of thiophene rings is 1. The highest BCUT2D eigenvalue weighted by Crippen LogP contribution is 2.49. The van der Waals surface area contributed by atoms with E-state index in [1.807, 2.05) is 24.3 Å². The Balaban J connectivity index is 1.50. The third kappa shape index (κ3) is 3.97. The molecule has 160 valence electrons. The van der Waals surface area contributed by atoms with E-state index in [9.17, 15) is 9.59 Å². The Kier molecular flexibility index (Phi) is 5.39. The van der Waals surface area contributed by atoms with Crippen LogP contribution in [0.4, 0.5) is 5.00 Å². The molecule has 1 heterocycles. The van der Waals surface area contributed by atoms with Crippen molar-refractivity contribution in [1.82, 2.24) is 0 Å². The van der Waals surface area contributed by atoms with Gasteiger partial charge in [-0.1, -0.05) is 32.9 Å². The maximum Gasteiger partial charge on any atom is 0.251 e. The van der Waals surface area contributed by atoms with Crippen molar-refractivity contribution in [3.63, 3.8) is 0 Å². The number of methoxy groups -OCH3 is 1. The van der Waals surface area contributed by atoms with Crippen LogP contribution in [0.2, 0.25) is 0 Å². The number of primary amides is 1.